The maximum absolute atomic E-state index is 12.9. The van der Waals surface area contributed by atoms with Gasteiger partial charge in [0.05, 0.1) is 11.3 Å². The van der Waals surface area contributed by atoms with Gasteiger partial charge < -0.3 is 10.6 Å². The summed E-state index contributed by atoms with van der Waals surface area (Å²) in [6, 6.07) is 11.7. The first-order valence-corrected chi connectivity index (χ1v) is 8.11. The Bertz CT molecular complexity index is 794. The molecule has 0 aliphatic rings. The van der Waals surface area contributed by atoms with E-state index in [2.05, 4.69) is 10.6 Å². The van der Waals surface area contributed by atoms with Gasteiger partial charge in [-0.05, 0) is 36.2 Å². The SMILES string of the molecule is O=C(CC(=O)Nc1ccccc1C(F)(F)F)NCCc1cccc(Cl)c1. The van der Waals surface area contributed by atoms with Crippen LogP contribution >= 0.6 is 11.6 Å². The Labute approximate surface area is 153 Å². The zero-order valence-electron chi connectivity index (χ0n) is 13.6. The highest BCUT2D eigenvalue weighted by Crippen LogP contribution is 2.34. The van der Waals surface area contributed by atoms with E-state index in [9.17, 15) is 22.8 Å². The number of hydrogen-bond donors (Lipinski definition) is 2. The minimum Gasteiger partial charge on any atom is -0.355 e. The van der Waals surface area contributed by atoms with Crippen molar-refractivity contribution >= 4 is 29.1 Å². The normalized spacial score (nSPS) is 11.1. The van der Waals surface area contributed by atoms with Gasteiger partial charge in [0, 0.05) is 11.6 Å². The molecule has 4 nitrogen and oxygen atoms in total. The largest absolute Gasteiger partial charge is 0.418 e. The van der Waals surface area contributed by atoms with Crippen molar-refractivity contribution in [1.82, 2.24) is 5.32 Å². The second kappa shape index (κ2) is 8.71. The lowest BCUT2D eigenvalue weighted by Gasteiger charge is -2.13. The Morgan fingerprint density at radius 3 is 2.42 bits per heavy atom. The van der Waals surface area contributed by atoms with Crippen LogP contribution in [0, 0.1) is 0 Å². The number of alkyl halides is 3. The Morgan fingerprint density at radius 1 is 1.00 bits per heavy atom. The molecule has 2 amide bonds. The molecule has 0 saturated heterocycles. The van der Waals surface area contributed by atoms with Crippen LogP contribution in [-0.4, -0.2) is 18.4 Å². The molecule has 8 heteroatoms. The number of anilines is 1. The summed E-state index contributed by atoms with van der Waals surface area (Å²) in [4.78, 5) is 23.6. The summed E-state index contributed by atoms with van der Waals surface area (Å²) in [5.41, 5.74) is -0.423. The van der Waals surface area contributed by atoms with E-state index >= 15 is 0 Å². The third-order valence-corrected chi connectivity index (χ3v) is 3.69. The molecule has 0 heterocycles. The van der Waals surface area contributed by atoms with E-state index < -0.39 is 30.0 Å². The first-order chi connectivity index (χ1) is 12.3. The Balaban J connectivity index is 1.83. The topological polar surface area (TPSA) is 58.2 Å². The van der Waals surface area contributed by atoms with Gasteiger partial charge >= 0.3 is 6.18 Å². The van der Waals surface area contributed by atoms with Gasteiger partial charge in [0.1, 0.15) is 6.42 Å². The van der Waals surface area contributed by atoms with Gasteiger partial charge in [0.15, 0.2) is 0 Å². The first-order valence-electron chi connectivity index (χ1n) is 7.73. The maximum Gasteiger partial charge on any atom is 0.418 e. The number of para-hydroxylation sites is 1. The van der Waals surface area contributed by atoms with Gasteiger partial charge in [-0.25, -0.2) is 0 Å². The van der Waals surface area contributed by atoms with Crippen LogP contribution in [0.4, 0.5) is 18.9 Å². The lowest BCUT2D eigenvalue weighted by Crippen LogP contribution is -2.30. The van der Waals surface area contributed by atoms with E-state index in [0.29, 0.717) is 11.4 Å². The molecule has 26 heavy (non-hydrogen) atoms. The van der Waals surface area contributed by atoms with E-state index in [1.54, 1.807) is 18.2 Å². The number of rotatable bonds is 6. The molecule has 138 valence electrons. The van der Waals surface area contributed by atoms with Gasteiger partial charge in [-0.15, -0.1) is 0 Å². The molecule has 0 saturated carbocycles. The number of carbonyl (C=O) groups excluding carboxylic acids is 2. The number of amides is 2. The van der Waals surface area contributed by atoms with E-state index in [1.807, 2.05) is 6.07 Å². The van der Waals surface area contributed by atoms with Gasteiger partial charge in [0.2, 0.25) is 11.8 Å². The lowest BCUT2D eigenvalue weighted by atomic mass is 10.1. The summed E-state index contributed by atoms with van der Waals surface area (Å²) in [5.74, 6) is -1.39. The van der Waals surface area contributed by atoms with Crippen molar-refractivity contribution < 1.29 is 22.8 Å². The van der Waals surface area contributed by atoms with E-state index in [0.717, 1.165) is 17.7 Å². The van der Waals surface area contributed by atoms with Crippen molar-refractivity contribution in [1.29, 1.82) is 0 Å². The molecule has 2 rings (SSSR count). The van der Waals surface area contributed by atoms with Crippen LogP contribution in [0.15, 0.2) is 48.5 Å². The molecule has 0 aromatic heterocycles. The highest BCUT2D eigenvalue weighted by Gasteiger charge is 2.33. The van der Waals surface area contributed by atoms with E-state index in [1.165, 1.54) is 12.1 Å². The number of benzene rings is 2. The van der Waals surface area contributed by atoms with Crippen LogP contribution in [0.3, 0.4) is 0 Å². The molecule has 0 atom stereocenters. The molecule has 0 bridgehead atoms. The molecule has 2 N–H and O–H groups in total. The van der Waals surface area contributed by atoms with Gasteiger partial charge in [-0.3, -0.25) is 9.59 Å². The third kappa shape index (κ3) is 6.07. The minimum atomic E-state index is -4.59. The van der Waals surface area contributed by atoms with Crippen molar-refractivity contribution in [2.75, 3.05) is 11.9 Å². The van der Waals surface area contributed by atoms with E-state index in [4.69, 9.17) is 11.6 Å². The number of hydrogen-bond acceptors (Lipinski definition) is 2. The minimum absolute atomic E-state index is 0.283. The van der Waals surface area contributed by atoms with Crippen molar-refractivity contribution in [2.24, 2.45) is 0 Å². The van der Waals surface area contributed by atoms with Crippen LogP contribution in [0.5, 0.6) is 0 Å². The smallest absolute Gasteiger partial charge is 0.355 e. The molecule has 0 aliphatic carbocycles. The number of halogens is 4. The molecule has 0 radical (unpaired) electrons. The van der Waals surface area contributed by atoms with Crippen molar-refractivity contribution in [3.63, 3.8) is 0 Å². The molecule has 0 fully saturated rings. The summed E-state index contributed by atoms with van der Waals surface area (Å²) in [7, 11) is 0. The predicted octanol–water partition coefficient (Wildman–Crippen LogP) is 4.05. The predicted molar refractivity (Wildman–Crippen MR) is 92.9 cm³/mol. The fraction of sp³-hybridized carbons (Fsp3) is 0.222. The van der Waals surface area contributed by atoms with E-state index in [-0.39, 0.29) is 12.2 Å². The Kier molecular flexibility index (Phi) is 6.63. The third-order valence-electron chi connectivity index (χ3n) is 3.45. The Hall–Kier alpha value is -2.54. The second-order valence-electron chi connectivity index (χ2n) is 5.50. The average Bonchev–Trinajstić information content (AvgIpc) is 2.54. The summed E-state index contributed by atoms with van der Waals surface area (Å²) in [6.07, 6.45) is -4.64. The average molecular weight is 385 g/mol. The fourth-order valence-corrected chi connectivity index (χ4v) is 2.49. The summed E-state index contributed by atoms with van der Waals surface area (Å²) in [5, 5.41) is 5.25. The van der Waals surface area contributed by atoms with Gasteiger partial charge in [0.25, 0.3) is 0 Å². The zero-order chi connectivity index (χ0) is 19.2. The monoisotopic (exact) mass is 384 g/mol. The molecular weight excluding hydrogens is 369 g/mol. The summed E-state index contributed by atoms with van der Waals surface area (Å²) < 4.78 is 38.6. The van der Waals surface area contributed by atoms with Crippen LogP contribution < -0.4 is 10.6 Å². The molecular formula is C18H16ClF3N2O2. The molecule has 2 aromatic carbocycles. The quantitative estimate of drug-likeness (QED) is 0.738. The van der Waals surface area contributed by atoms with Crippen molar-refractivity contribution in [2.45, 2.75) is 19.0 Å². The second-order valence-corrected chi connectivity index (χ2v) is 5.93. The highest BCUT2D eigenvalue weighted by molar-refractivity contribution is 6.30. The molecule has 0 unspecified atom stereocenters. The highest BCUT2D eigenvalue weighted by atomic mass is 35.5. The van der Waals surface area contributed by atoms with Crippen LogP contribution in [0.1, 0.15) is 17.5 Å². The van der Waals surface area contributed by atoms with Crippen LogP contribution in [0.2, 0.25) is 5.02 Å². The molecule has 0 spiro atoms. The van der Waals surface area contributed by atoms with Gasteiger partial charge in [-0.2, -0.15) is 13.2 Å². The Morgan fingerprint density at radius 2 is 1.73 bits per heavy atom. The van der Waals surface area contributed by atoms with Crippen molar-refractivity contribution in [3.8, 4) is 0 Å². The molecule has 2 aromatic rings. The summed E-state index contributed by atoms with van der Waals surface area (Å²) in [6.45, 7) is 0.283. The number of nitrogens with one attached hydrogen (secondary N) is 2. The lowest BCUT2D eigenvalue weighted by molar-refractivity contribution is -0.137. The van der Waals surface area contributed by atoms with Crippen LogP contribution in [0.25, 0.3) is 0 Å². The standard InChI is InChI=1S/C18H16ClF3N2O2/c19-13-5-3-4-12(10-13)8-9-23-16(25)11-17(26)24-15-7-2-1-6-14(15)18(20,21)22/h1-7,10H,8-9,11H2,(H,23,25)(H,24,26). The maximum atomic E-state index is 12.9. The zero-order valence-corrected chi connectivity index (χ0v) is 14.3. The van der Waals surface area contributed by atoms with Crippen molar-refractivity contribution in [3.05, 3.63) is 64.7 Å². The first kappa shape index (κ1) is 19.8. The van der Waals surface area contributed by atoms with Gasteiger partial charge in [-0.1, -0.05) is 35.9 Å². The summed E-state index contributed by atoms with van der Waals surface area (Å²) >= 11 is 5.86. The van der Waals surface area contributed by atoms with Crippen LogP contribution in [-0.2, 0) is 22.2 Å². The molecule has 0 aliphatic heterocycles. The number of carbonyl (C=O) groups is 2. The fourth-order valence-electron chi connectivity index (χ4n) is 2.28.